The second-order valence-electron chi connectivity index (χ2n) is 5.94. The van der Waals surface area contributed by atoms with Crippen LogP contribution >= 0.6 is 0 Å². The van der Waals surface area contributed by atoms with Gasteiger partial charge in [-0.25, -0.2) is 8.42 Å². The highest BCUT2D eigenvalue weighted by Crippen LogP contribution is 2.37. The molecule has 0 spiro atoms. The number of sulfone groups is 1. The fourth-order valence-electron chi connectivity index (χ4n) is 3.29. The molecule has 1 N–H and O–H groups in total. The van der Waals surface area contributed by atoms with Crippen molar-refractivity contribution in [1.29, 1.82) is 0 Å². The number of rotatable bonds is 7. The molecule has 1 fully saturated rings. The van der Waals surface area contributed by atoms with E-state index >= 15 is 0 Å². The van der Waals surface area contributed by atoms with Gasteiger partial charge >= 0.3 is 0 Å². The molecule has 1 rings (SSSR count). The summed E-state index contributed by atoms with van der Waals surface area (Å²) in [5, 5.41) is 3.29. The molecular formula is C14H29NO2S. The lowest BCUT2D eigenvalue weighted by molar-refractivity contribution is 0.164. The van der Waals surface area contributed by atoms with Gasteiger partial charge in [-0.1, -0.05) is 19.8 Å². The molecule has 3 atom stereocenters. The van der Waals surface area contributed by atoms with Crippen LogP contribution in [0.25, 0.3) is 0 Å². The van der Waals surface area contributed by atoms with Gasteiger partial charge in [-0.2, -0.15) is 0 Å². The largest absolute Gasteiger partial charge is 0.319 e. The Labute approximate surface area is 113 Å². The molecular weight excluding hydrogens is 246 g/mol. The molecule has 1 aliphatic carbocycles. The van der Waals surface area contributed by atoms with Gasteiger partial charge in [0.25, 0.3) is 0 Å². The molecule has 1 saturated carbocycles. The van der Waals surface area contributed by atoms with Crippen LogP contribution in [0.2, 0.25) is 0 Å². The van der Waals surface area contributed by atoms with E-state index in [2.05, 4.69) is 12.2 Å². The van der Waals surface area contributed by atoms with Crippen LogP contribution < -0.4 is 5.32 Å². The van der Waals surface area contributed by atoms with Gasteiger partial charge in [0.2, 0.25) is 0 Å². The highest BCUT2D eigenvalue weighted by molar-refractivity contribution is 7.90. The molecule has 18 heavy (non-hydrogen) atoms. The minimum atomic E-state index is -2.79. The molecule has 4 heteroatoms. The van der Waals surface area contributed by atoms with E-state index in [1.165, 1.54) is 31.9 Å². The Hall–Kier alpha value is -0.0900. The highest BCUT2D eigenvalue weighted by atomic mass is 32.2. The van der Waals surface area contributed by atoms with E-state index in [4.69, 9.17) is 0 Å². The molecule has 1 aliphatic rings. The zero-order valence-electron chi connectivity index (χ0n) is 12.1. The van der Waals surface area contributed by atoms with Crippen LogP contribution in [-0.2, 0) is 9.84 Å². The fourth-order valence-corrected chi connectivity index (χ4v) is 3.98. The SMILES string of the molecule is CCC1CCC(CNC)C(CCCS(C)(=O)=O)C1. The van der Waals surface area contributed by atoms with Crippen molar-refractivity contribution in [2.24, 2.45) is 17.8 Å². The van der Waals surface area contributed by atoms with Gasteiger partial charge in [-0.05, 0) is 57.0 Å². The molecule has 0 amide bonds. The molecule has 0 saturated heterocycles. The molecule has 0 radical (unpaired) electrons. The number of hydrogen-bond donors (Lipinski definition) is 1. The van der Waals surface area contributed by atoms with Gasteiger partial charge in [0.1, 0.15) is 9.84 Å². The first-order chi connectivity index (χ1) is 8.46. The Balaban J connectivity index is 2.45. The third kappa shape index (κ3) is 5.70. The molecule has 0 aromatic heterocycles. The topological polar surface area (TPSA) is 46.2 Å². The zero-order chi connectivity index (χ0) is 13.6. The molecule has 0 aromatic carbocycles. The third-order valence-electron chi connectivity index (χ3n) is 4.38. The first-order valence-corrected chi connectivity index (χ1v) is 9.34. The summed E-state index contributed by atoms with van der Waals surface area (Å²) in [6.45, 7) is 3.36. The van der Waals surface area contributed by atoms with E-state index in [9.17, 15) is 8.42 Å². The molecule has 3 unspecified atom stereocenters. The van der Waals surface area contributed by atoms with Crippen molar-refractivity contribution in [2.45, 2.75) is 45.4 Å². The lowest BCUT2D eigenvalue weighted by Gasteiger charge is -2.36. The van der Waals surface area contributed by atoms with Crippen molar-refractivity contribution < 1.29 is 8.42 Å². The quantitative estimate of drug-likeness (QED) is 0.776. The summed E-state index contributed by atoms with van der Waals surface area (Å²) in [6, 6.07) is 0. The van der Waals surface area contributed by atoms with E-state index in [0.29, 0.717) is 5.75 Å². The van der Waals surface area contributed by atoms with Gasteiger partial charge in [-0.3, -0.25) is 0 Å². The Morgan fingerprint density at radius 2 is 1.94 bits per heavy atom. The summed E-state index contributed by atoms with van der Waals surface area (Å²) < 4.78 is 22.4. The van der Waals surface area contributed by atoms with Crippen LogP contribution in [0, 0.1) is 17.8 Å². The van der Waals surface area contributed by atoms with Crippen molar-refractivity contribution >= 4 is 9.84 Å². The van der Waals surface area contributed by atoms with Crippen LogP contribution in [0.5, 0.6) is 0 Å². The van der Waals surface area contributed by atoms with E-state index in [1.54, 1.807) is 0 Å². The third-order valence-corrected chi connectivity index (χ3v) is 5.41. The Morgan fingerprint density at radius 3 is 2.50 bits per heavy atom. The second-order valence-corrected chi connectivity index (χ2v) is 8.20. The lowest BCUT2D eigenvalue weighted by Crippen LogP contribution is -2.32. The molecule has 0 aromatic rings. The second kappa shape index (κ2) is 7.49. The van der Waals surface area contributed by atoms with Crippen LogP contribution in [0.3, 0.4) is 0 Å². The van der Waals surface area contributed by atoms with E-state index < -0.39 is 9.84 Å². The average molecular weight is 275 g/mol. The summed E-state index contributed by atoms with van der Waals surface area (Å²) in [5.74, 6) is 2.68. The Kier molecular flexibility index (Phi) is 6.64. The normalized spacial score (nSPS) is 29.4. The maximum Gasteiger partial charge on any atom is 0.147 e. The molecule has 0 heterocycles. The van der Waals surface area contributed by atoms with E-state index in [0.717, 1.165) is 37.1 Å². The van der Waals surface area contributed by atoms with Crippen LogP contribution in [-0.4, -0.2) is 34.0 Å². The summed E-state index contributed by atoms with van der Waals surface area (Å²) in [7, 11) is -0.776. The van der Waals surface area contributed by atoms with Crippen LogP contribution in [0.4, 0.5) is 0 Å². The summed E-state index contributed by atoms with van der Waals surface area (Å²) >= 11 is 0. The predicted octanol–water partition coefficient (Wildman–Crippen LogP) is 2.47. The van der Waals surface area contributed by atoms with E-state index in [-0.39, 0.29) is 0 Å². The maximum atomic E-state index is 11.2. The summed E-state index contributed by atoms with van der Waals surface area (Å²) in [5.41, 5.74) is 0. The Morgan fingerprint density at radius 1 is 1.22 bits per heavy atom. The van der Waals surface area contributed by atoms with Crippen molar-refractivity contribution in [2.75, 3.05) is 25.6 Å². The monoisotopic (exact) mass is 275 g/mol. The molecule has 0 aliphatic heterocycles. The predicted molar refractivity (Wildman–Crippen MR) is 77.5 cm³/mol. The molecule has 0 bridgehead atoms. The summed E-state index contributed by atoms with van der Waals surface area (Å²) in [6.07, 6.45) is 8.49. The van der Waals surface area contributed by atoms with Crippen molar-refractivity contribution in [3.05, 3.63) is 0 Å². The minimum Gasteiger partial charge on any atom is -0.319 e. The van der Waals surface area contributed by atoms with Crippen molar-refractivity contribution in [1.82, 2.24) is 5.32 Å². The van der Waals surface area contributed by atoms with Gasteiger partial charge in [0.05, 0.1) is 0 Å². The minimum absolute atomic E-state index is 0.354. The van der Waals surface area contributed by atoms with Gasteiger partial charge in [-0.15, -0.1) is 0 Å². The fraction of sp³-hybridized carbons (Fsp3) is 1.00. The first-order valence-electron chi connectivity index (χ1n) is 7.28. The van der Waals surface area contributed by atoms with E-state index in [1.807, 2.05) is 7.05 Å². The number of nitrogens with one attached hydrogen (secondary N) is 1. The van der Waals surface area contributed by atoms with Gasteiger partial charge in [0, 0.05) is 12.0 Å². The standard InChI is InChI=1S/C14H29NO2S/c1-4-12-7-8-14(11-15-2)13(10-12)6-5-9-18(3,16)17/h12-15H,4-11H2,1-3H3. The average Bonchev–Trinajstić information content (AvgIpc) is 2.30. The summed E-state index contributed by atoms with van der Waals surface area (Å²) in [4.78, 5) is 0. The van der Waals surface area contributed by atoms with Gasteiger partial charge in [0.15, 0.2) is 0 Å². The highest BCUT2D eigenvalue weighted by Gasteiger charge is 2.28. The maximum absolute atomic E-state index is 11.2. The zero-order valence-corrected chi connectivity index (χ0v) is 12.9. The smallest absolute Gasteiger partial charge is 0.147 e. The molecule has 3 nitrogen and oxygen atoms in total. The van der Waals surface area contributed by atoms with Crippen molar-refractivity contribution in [3.63, 3.8) is 0 Å². The van der Waals surface area contributed by atoms with Crippen LogP contribution in [0.15, 0.2) is 0 Å². The van der Waals surface area contributed by atoms with Crippen LogP contribution in [0.1, 0.15) is 45.4 Å². The van der Waals surface area contributed by atoms with Crippen molar-refractivity contribution in [3.8, 4) is 0 Å². The Bertz CT molecular complexity index is 327. The lowest BCUT2D eigenvalue weighted by atomic mass is 9.71. The number of hydrogen-bond acceptors (Lipinski definition) is 3. The first kappa shape index (κ1) is 16.0. The molecule has 108 valence electrons. The van der Waals surface area contributed by atoms with Gasteiger partial charge < -0.3 is 5.32 Å².